The summed E-state index contributed by atoms with van der Waals surface area (Å²) in [4.78, 5) is 0. The second kappa shape index (κ2) is 5.57. The van der Waals surface area contributed by atoms with Crippen LogP contribution in [0.2, 0.25) is 0 Å². The highest BCUT2D eigenvalue weighted by molar-refractivity contribution is 5.96. The number of hydrogen-bond acceptors (Lipinski definition) is 0. The lowest BCUT2D eigenvalue weighted by atomic mass is 9.71. The minimum Gasteiger partial charge on any atom is -0.0952 e. The van der Waals surface area contributed by atoms with E-state index in [2.05, 4.69) is 65.5 Å². The number of benzene rings is 2. The summed E-state index contributed by atoms with van der Waals surface area (Å²) < 4.78 is 0. The molecule has 0 N–H and O–H groups in total. The molecule has 0 saturated heterocycles. The summed E-state index contributed by atoms with van der Waals surface area (Å²) in [6.45, 7) is 16.2. The summed E-state index contributed by atoms with van der Waals surface area (Å²) in [6, 6.07) is 9.00. The second-order valence-electron chi connectivity index (χ2n) is 7.51. The maximum absolute atomic E-state index is 4.44. The molecule has 0 aliphatic heterocycles. The Bertz CT molecular complexity index is 731. The summed E-state index contributed by atoms with van der Waals surface area (Å²) in [5.74, 6) is 1.72. The molecule has 1 aliphatic rings. The average Bonchev–Trinajstić information content (AvgIpc) is 2.48. The van der Waals surface area contributed by atoms with Gasteiger partial charge in [0.05, 0.1) is 0 Å². The first-order valence-electron chi connectivity index (χ1n) is 8.70. The third-order valence-electron chi connectivity index (χ3n) is 5.22. The van der Waals surface area contributed by atoms with Gasteiger partial charge < -0.3 is 0 Å². The predicted octanol–water partition coefficient (Wildman–Crippen LogP) is 7.00. The summed E-state index contributed by atoms with van der Waals surface area (Å²) in [5, 5.41) is 2.90. The molecule has 0 fully saturated rings. The van der Waals surface area contributed by atoms with Crippen LogP contribution in [0.5, 0.6) is 0 Å². The van der Waals surface area contributed by atoms with E-state index in [-0.39, 0.29) is 0 Å². The van der Waals surface area contributed by atoms with Gasteiger partial charge in [-0.1, -0.05) is 65.5 Å². The molecule has 1 atom stereocenters. The Labute approximate surface area is 135 Å². The van der Waals surface area contributed by atoms with Gasteiger partial charge in [-0.05, 0) is 69.2 Å². The van der Waals surface area contributed by atoms with E-state index in [1.165, 1.54) is 33.9 Å². The van der Waals surface area contributed by atoms with Gasteiger partial charge in [0.25, 0.3) is 0 Å². The SMILES string of the molecule is C=C1CCC(C)c2c1c(C(C)C)c1ccccc1c2C(C)C. The molecule has 1 unspecified atom stereocenters. The molecular weight excluding hydrogens is 264 g/mol. The molecule has 0 aromatic heterocycles. The van der Waals surface area contributed by atoms with Gasteiger partial charge >= 0.3 is 0 Å². The van der Waals surface area contributed by atoms with Crippen LogP contribution in [-0.2, 0) is 0 Å². The molecule has 0 radical (unpaired) electrons. The van der Waals surface area contributed by atoms with E-state index in [1.54, 1.807) is 11.1 Å². The lowest BCUT2D eigenvalue weighted by Crippen LogP contribution is -2.15. The predicted molar refractivity (Wildman–Crippen MR) is 98.8 cm³/mol. The van der Waals surface area contributed by atoms with Crippen LogP contribution in [0.15, 0.2) is 30.8 Å². The molecule has 0 heterocycles. The van der Waals surface area contributed by atoms with Crippen LogP contribution < -0.4 is 0 Å². The Morgan fingerprint density at radius 3 is 2.05 bits per heavy atom. The Hall–Kier alpha value is -1.56. The van der Waals surface area contributed by atoms with E-state index >= 15 is 0 Å². The van der Waals surface area contributed by atoms with Crippen molar-refractivity contribution in [2.45, 2.75) is 65.2 Å². The zero-order valence-corrected chi connectivity index (χ0v) is 14.7. The normalized spacial score (nSPS) is 18.3. The van der Waals surface area contributed by atoms with Crippen molar-refractivity contribution in [2.75, 3.05) is 0 Å². The van der Waals surface area contributed by atoms with Gasteiger partial charge in [-0.25, -0.2) is 0 Å². The van der Waals surface area contributed by atoms with Gasteiger partial charge in [0, 0.05) is 0 Å². The van der Waals surface area contributed by atoms with Crippen LogP contribution in [0.25, 0.3) is 16.3 Å². The number of fused-ring (bicyclic) bond motifs is 2. The first-order valence-corrected chi connectivity index (χ1v) is 8.70. The van der Waals surface area contributed by atoms with Crippen molar-refractivity contribution in [3.05, 3.63) is 53.1 Å². The van der Waals surface area contributed by atoms with Crippen LogP contribution in [0.3, 0.4) is 0 Å². The van der Waals surface area contributed by atoms with E-state index in [0.29, 0.717) is 17.8 Å². The zero-order valence-electron chi connectivity index (χ0n) is 14.7. The molecule has 0 spiro atoms. The molecule has 1 aliphatic carbocycles. The minimum absolute atomic E-state index is 0.530. The molecule has 0 heteroatoms. The highest BCUT2D eigenvalue weighted by Gasteiger charge is 2.29. The van der Waals surface area contributed by atoms with Gasteiger partial charge in [0.1, 0.15) is 0 Å². The summed E-state index contributed by atoms with van der Waals surface area (Å²) >= 11 is 0. The van der Waals surface area contributed by atoms with Crippen molar-refractivity contribution in [3.8, 4) is 0 Å². The molecule has 2 aromatic rings. The fourth-order valence-electron chi connectivity index (χ4n) is 4.29. The van der Waals surface area contributed by atoms with Crippen LogP contribution in [0.1, 0.15) is 87.5 Å². The maximum atomic E-state index is 4.44. The second-order valence-corrected chi connectivity index (χ2v) is 7.51. The van der Waals surface area contributed by atoms with Crippen molar-refractivity contribution in [3.63, 3.8) is 0 Å². The van der Waals surface area contributed by atoms with Crippen molar-refractivity contribution >= 4 is 16.3 Å². The highest BCUT2D eigenvalue weighted by atomic mass is 14.3. The lowest BCUT2D eigenvalue weighted by Gasteiger charge is -2.33. The van der Waals surface area contributed by atoms with E-state index in [1.807, 2.05) is 0 Å². The quantitative estimate of drug-likeness (QED) is 0.559. The van der Waals surface area contributed by atoms with Crippen LogP contribution >= 0.6 is 0 Å². The standard InChI is InChI=1S/C22H28/c1-13(2)19-17-9-7-8-10-18(17)20(14(3)4)22-16(6)12-11-15(5)21(19)22/h7-10,13-14,16H,5,11-12H2,1-4,6H3. The summed E-state index contributed by atoms with van der Waals surface area (Å²) in [5.41, 5.74) is 7.52. The summed E-state index contributed by atoms with van der Waals surface area (Å²) in [7, 11) is 0. The van der Waals surface area contributed by atoms with Gasteiger partial charge in [-0.15, -0.1) is 0 Å². The molecule has 0 amide bonds. The first kappa shape index (κ1) is 15.3. The van der Waals surface area contributed by atoms with Gasteiger partial charge in [0.15, 0.2) is 0 Å². The molecule has 116 valence electrons. The first-order chi connectivity index (χ1) is 10.4. The molecule has 3 rings (SSSR count). The number of allylic oxidation sites excluding steroid dienone is 1. The molecule has 22 heavy (non-hydrogen) atoms. The van der Waals surface area contributed by atoms with Gasteiger partial charge in [0.2, 0.25) is 0 Å². The Morgan fingerprint density at radius 2 is 1.50 bits per heavy atom. The molecule has 0 nitrogen and oxygen atoms in total. The third kappa shape index (κ3) is 2.20. The van der Waals surface area contributed by atoms with Crippen molar-refractivity contribution in [2.24, 2.45) is 0 Å². The van der Waals surface area contributed by atoms with Gasteiger partial charge in [-0.3, -0.25) is 0 Å². The third-order valence-corrected chi connectivity index (χ3v) is 5.22. The minimum atomic E-state index is 0.530. The van der Waals surface area contributed by atoms with Crippen LogP contribution in [0.4, 0.5) is 0 Å². The fraction of sp³-hybridized carbons (Fsp3) is 0.455. The zero-order chi connectivity index (χ0) is 16.0. The van der Waals surface area contributed by atoms with Crippen LogP contribution in [-0.4, -0.2) is 0 Å². The van der Waals surface area contributed by atoms with E-state index < -0.39 is 0 Å². The Balaban J connectivity index is 2.55. The Kier molecular flexibility index (Phi) is 3.89. The average molecular weight is 292 g/mol. The number of rotatable bonds is 2. The Morgan fingerprint density at radius 1 is 0.955 bits per heavy atom. The smallest absolute Gasteiger partial charge is 0.0140 e. The largest absolute Gasteiger partial charge is 0.0952 e. The summed E-state index contributed by atoms with van der Waals surface area (Å²) in [6.07, 6.45) is 2.38. The van der Waals surface area contributed by atoms with Crippen molar-refractivity contribution in [1.29, 1.82) is 0 Å². The molecule has 0 saturated carbocycles. The van der Waals surface area contributed by atoms with Gasteiger partial charge in [-0.2, -0.15) is 0 Å². The molecular formula is C22H28. The topological polar surface area (TPSA) is 0 Å². The number of hydrogen-bond donors (Lipinski definition) is 0. The van der Waals surface area contributed by atoms with E-state index in [4.69, 9.17) is 0 Å². The monoisotopic (exact) mass is 292 g/mol. The van der Waals surface area contributed by atoms with Crippen molar-refractivity contribution in [1.82, 2.24) is 0 Å². The van der Waals surface area contributed by atoms with E-state index in [0.717, 1.165) is 6.42 Å². The highest BCUT2D eigenvalue weighted by Crippen LogP contribution is 2.48. The maximum Gasteiger partial charge on any atom is -0.0140 e. The molecule has 2 aromatic carbocycles. The van der Waals surface area contributed by atoms with E-state index in [9.17, 15) is 0 Å². The lowest BCUT2D eigenvalue weighted by molar-refractivity contribution is 0.655. The van der Waals surface area contributed by atoms with Crippen molar-refractivity contribution < 1.29 is 0 Å². The van der Waals surface area contributed by atoms with Crippen LogP contribution in [0, 0.1) is 0 Å². The fourth-order valence-corrected chi connectivity index (χ4v) is 4.29. The molecule has 0 bridgehead atoms.